The lowest BCUT2D eigenvalue weighted by Gasteiger charge is -2.03. The largest absolute Gasteiger partial charge is 0.493 e. The van der Waals surface area contributed by atoms with E-state index in [1.165, 1.54) is 0 Å². The van der Waals surface area contributed by atoms with Gasteiger partial charge in [-0.2, -0.15) is 0 Å². The maximum atomic E-state index is 10.4. The van der Waals surface area contributed by atoms with Crippen molar-refractivity contribution >= 4 is 11.7 Å². The Morgan fingerprint density at radius 2 is 2.40 bits per heavy atom. The van der Waals surface area contributed by atoms with Crippen molar-refractivity contribution in [2.24, 2.45) is 0 Å². The van der Waals surface area contributed by atoms with E-state index < -0.39 is 5.97 Å². The van der Waals surface area contributed by atoms with E-state index in [4.69, 9.17) is 9.84 Å². The molecule has 1 aliphatic rings. The van der Waals surface area contributed by atoms with Gasteiger partial charge >= 0.3 is 5.97 Å². The second kappa shape index (κ2) is 4.13. The van der Waals surface area contributed by atoms with Crippen molar-refractivity contribution in [3.05, 3.63) is 35.7 Å². The van der Waals surface area contributed by atoms with Crippen molar-refractivity contribution in [1.82, 2.24) is 4.98 Å². The Balaban J connectivity index is 2.13. The van der Waals surface area contributed by atoms with Crippen molar-refractivity contribution in [2.45, 2.75) is 12.8 Å². The third-order valence-corrected chi connectivity index (χ3v) is 2.15. The molecule has 0 aliphatic carbocycles. The van der Waals surface area contributed by atoms with Gasteiger partial charge in [-0.15, -0.1) is 0 Å². The topological polar surface area (TPSA) is 59.4 Å². The van der Waals surface area contributed by atoms with E-state index in [0.29, 0.717) is 12.3 Å². The van der Waals surface area contributed by atoms with Crippen LogP contribution in [-0.2, 0) is 16.0 Å². The van der Waals surface area contributed by atoms with E-state index in [-0.39, 0.29) is 6.42 Å². The molecule has 4 heteroatoms. The van der Waals surface area contributed by atoms with Gasteiger partial charge in [-0.1, -0.05) is 0 Å². The number of nitrogens with zero attached hydrogens (tertiary/aromatic N) is 1. The summed E-state index contributed by atoms with van der Waals surface area (Å²) < 4.78 is 5.36. The molecule has 0 unspecified atom stereocenters. The molecular weight excluding hydrogens is 194 g/mol. The standard InChI is InChI=1S/C11H11NO3/c13-11(14)6-9-4-3-8(7-12-9)10-2-1-5-15-10/h2-4,7H,1,5-6H2,(H,13,14). The summed E-state index contributed by atoms with van der Waals surface area (Å²) >= 11 is 0. The smallest absolute Gasteiger partial charge is 0.309 e. The van der Waals surface area contributed by atoms with Crippen molar-refractivity contribution in [3.63, 3.8) is 0 Å². The summed E-state index contributed by atoms with van der Waals surface area (Å²) in [6.45, 7) is 0.714. The van der Waals surface area contributed by atoms with Gasteiger partial charge < -0.3 is 9.84 Å². The van der Waals surface area contributed by atoms with Gasteiger partial charge in [-0.25, -0.2) is 0 Å². The Kier molecular flexibility index (Phi) is 2.67. The first-order valence-electron chi connectivity index (χ1n) is 4.76. The zero-order valence-electron chi connectivity index (χ0n) is 8.14. The fourth-order valence-electron chi connectivity index (χ4n) is 1.45. The van der Waals surface area contributed by atoms with Crippen LogP contribution in [0.3, 0.4) is 0 Å². The van der Waals surface area contributed by atoms with Gasteiger partial charge in [0.1, 0.15) is 5.76 Å². The lowest BCUT2D eigenvalue weighted by Crippen LogP contribution is -2.02. The van der Waals surface area contributed by atoms with E-state index in [2.05, 4.69) is 4.98 Å². The molecule has 1 aromatic rings. The highest BCUT2D eigenvalue weighted by atomic mass is 16.5. The molecule has 0 fully saturated rings. The maximum absolute atomic E-state index is 10.4. The third-order valence-electron chi connectivity index (χ3n) is 2.15. The molecule has 0 atom stereocenters. The van der Waals surface area contributed by atoms with E-state index >= 15 is 0 Å². The number of hydrogen-bond acceptors (Lipinski definition) is 3. The minimum absolute atomic E-state index is 0.0415. The van der Waals surface area contributed by atoms with Crippen LogP contribution in [0.4, 0.5) is 0 Å². The Hall–Kier alpha value is -1.84. The van der Waals surface area contributed by atoms with Gasteiger partial charge in [0.2, 0.25) is 0 Å². The number of pyridine rings is 1. The van der Waals surface area contributed by atoms with Gasteiger partial charge in [0.15, 0.2) is 0 Å². The van der Waals surface area contributed by atoms with Crippen molar-refractivity contribution < 1.29 is 14.6 Å². The Morgan fingerprint density at radius 3 is 2.93 bits per heavy atom. The van der Waals surface area contributed by atoms with Crippen LogP contribution in [0, 0.1) is 0 Å². The predicted molar refractivity (Wildman–Crippen MR) is 54.1 cm³/mol. The van der Waals surface area contributed by atoms with Crippen molar-refractivity contribution in [2.75, 3.05) is 6.61 Å². The lowest BCUT2D eigenvalue weighted by atomic mass is 10.2. The minimum atomic E-state index is -0.869. The second-order valence-electron chi connectivity index (χ2n) is 3.31. The molecule has 1 aliphatic heterocycles. The summed E-state index contributed by atoms with van der Waals surface area (Å²) in [6.07, 6.45) is 4.54. The van der Waals surface area contributed by atoms with Crippen LogP contribution in [-0.4, -0.2) is 22.7 Å². The average molecular weight is 205 g/mol. The first-order valence-corrected chi connectivity index (χ1v) is 4.76. The number of rotatable bonds is 3. The fourth-order valence-corrected chi connectivity index (χ4v) is 1.45. The monoisotopic (exact) mass is 205 g/mol. The predicted octanol–water partition coefficient (Wildman–Crippen LogP) is 1.47. The molecule has 0 amide bonds. The van der Waals surface area contributed by atoms with E-state index in [0.717, 1.165) is 17.7 Å². The molecule has 15 heavy (non-hydrogen) atoms. The lowest BCUT2D eigenvalue weighted by molar-refractivity contribution is -0.136. The molecule has 0 saturated heterocycles. The summed E-state index contributed by atoms with van der Waals surface area (Å²) in [7, 11) is 0. The van der Waals surface area contributed by atoms with Gasteiger partial charge in [0.05, 0.1) is 18.7 Å². The first-order chi connectivity index (χ1) is 7.25. The number of aromatic nitrogens is 1. The number of ether oxygens (including phenoxy) is 1. The molecule has 0 spiro atoms. The maximum Gasteiger partial charge on any atom is 0.309 e. The van der Waals surface area contributed by atoms with Crippen LogP contribution >= 0.6 is 0 Å². The fraction of sp³-hybridized carbons (Fsp3) is 0.273. The van der Waals surface area contributed by atoms with Crippen LogP contribution in [0.2, 0.25) is 0 Å². The van der Waals surface area contributed by atoms with Gasteiger partial charge in [-0.3, -0.25) is 9.78 Å². The average Bonchev–Trinajstić information content (AvgIpc) is 2.71. The molecule has 2 rings (SSSR count). The van der Waals surface area contributed by atoms with E-state index in [1.807, 2.05) is 12.1 Å². The van der Waals surface area contributed by atoms with Gasteiger partial charge in [0, 0.05) is 18.2 Å². The first kappa shape index (κ1) is 9.71. The SMILES string of the molecule is O=C(O)Cc1ccc(C2=CCCO2)cn1. The summed E-state index contributed by atoms with van der Waals surface area (Å²) in [6, 6.07) is 3.55. The normalized spacial score (nSPS) is 14.5. The molecule has 0 bridgehead atoms. The van der Waals surface area contributed by atoms with Gasteiger partial charge in [-0.05, 0) is 18.2 Å². The molecule has 0 radical (unpaired) electrons. The molecule has 2 heterocycles. The number of carboxylic acid groups (broad SMARTS) is 1. The highest BCUT2D eigenvalue weighted by Gasteiger charge is 2.09. The zero-order chi connectivity index (χ0) is 10.7. The molecule has 0 saturated carbocycles. The van der Waals surface area contributed by atoms with Gasteiger partial charge in [0.25, 0.3) is 0 Å². The highest BCUT2D eigenvalue weighted by molar-refractivity contribution is 5.69. The number of carbonyl (C=O) groups is 1. The van der Waals surface area contributed by atoms with Crippen LogP contribution < -0.4 is 0 Å². The molecule has 4 nitrogen and oxygen atoms in total. The number of aliphatic carboxylic acids is 1. The summed E-state index contributed by atoms with van der Waals surface area (Å²) in [4.78, 5) is 14.5. The number of hydrogen-bond donors (Lipinski definition) is 1. The molecular formula is C11H11NO3. The molecule has 1 N–H and O–H groups in total. The summed E-state index contributed by atoms with van der Waals surface area (Å²) in [5, 5.41) is 8.57. The molecule has 78 valence electrons. The van der Waals surface area contributed by atoms with Crippen molar-refractivity contribution in [3.8, 4) is 0 Å². The summed E-state index contributed by atoms with van der Waals surface area (Å²) in [5.41, 5.74) is 1.46. The minimum Gasteiger partial charge on any atom is -0.493 e. The zero-order valence-corrected chi connectivity index (χ0v) is 8.14. The Bertz CT molecular complexity index is 395. The van der Waals surface area contributed by atoms with Crippen LogP contribution in [0.5, 0.6) is 0 Å². The van der Waals surface area contributed by atoms with Crippen molar-refractivity contribution in [1.29, 1.82) is 0 Å². The van der Waals surface area contributed by atoms with E-state index in [1.54, 1.807) is 12.3 Å². The van der Waals surface area contributed by atoms with E-state index in [9.17, 15) is 4.79 Å². The molecule has 0 aromatic carbocycles. The van der Waals surface area contributed by atoms with Crippen LogP contribution in [0.25, 0.3) is 5.76 Å². The quantitative estimate of drug-likeness (QED) is 0.811. The second-order valence-corrected chi connectivity index (χ2v) is 3.31. The Morgan fingerprint density at radius 1 is 1.53 bits per heavy atom. The van der Waals surface area contributed by atoms with Crippen LogP contribution in [0.15, 0.2) is 24.4 Å². The summed E-state index contributed by atoms with van der Waals surface area (Å²) in [5.74, 6) is -0.0315. The third kappa shape index (κ3) is 2.34. The molecule has 1 aromatic heterocycles. The highest BCUT2D eigenvalue weighted by Crippen LogP contribution is 2.20. The number of carboxylic acids is 1. The van der Waals surface area contributed by atoms with Crippen LogP contribution in [0.1, 0.15) is 17.7 Å². The Labute approximate surface area is 87.2 Å².